The zero-order valence-electron chi connectivity index (χ0n) is 82.9. The van der Waals surface area contributed by atoms with Gasteiger partial charge in [0.25, 0.3) is 0 Å². The van der Waals surface area contributed by atoms with Crippen LogP contribution in [0.2, 0.25) is 0 Å². The van der Waals surface area contributed by atoms with Crippen LogP contribution in [0.15, 0.2) is 73.4 Å². The molecular formula is C101H153N18O19S2-. The lowest BCUT2D eigenvalue weighted by Crippen LogP contribution is -2.61. The van der Waals surface area contributed by atoms with Gasteiger partial charge >= 0.3 is 5.97 Å². The molecule has 10 rings (SSSR count). The number of hydrogen-bond acceptors (Lipinski definition) is 21. The predicted molar refractivity (Wildman–Crippen MR) is 533 cm³/mol. The summed E-state index contributed by atoms with van der Waals surface area (Å²) >= 11 is 0. The van der Waals surface area contributed by atoms with E-state index in [0.29, 0.717) is 49.5 Å². The summed E-state index contributed by atoms with van der Waals surface area (Å²) in [7, 11) is 1.52. The zero-order valence-corrected chi connectivity index (χ0v) is 84.6. The summed E-state index contributed by atoms with van der Waals surface area (Å²) in [4.78, 5) is 236. The minimum absolute atomic E-state index is 0. The number of benzene rings is 2. The molecule has 1 saturated heterocycles. The minimum atomic E-state index is -1.84. The fraction of sp³-hybridized carbons (Fsp3) is 0.653. The Kier molecular flexibility index (Phi) is 43.3. The molecule has 14 amide bonds. The van der Waals surface area contributed by atoms with Crippen molar-refractivity contribution in [3.63, 3.8) is 0 Å². The second-order valence-corrected chi connectivity index (χ2v) is 43.6. The summed E-state index contributed by atoms with van der Waals surface area (Å²) in [6.45, 7) is 27.8. The first-order valence-electron chi connectivity index (χ1n) is 49.4. The molecule has 4 heterocycles. The van der Waals surface area contributed by atoms with E-state index in [0.717, 1.165) is 82.8 Å². The molecule has 22 atom stereocenters. The van der Waals surface area contributed by atoms with Crippen molar-refractivity contribution in [2.24, 2.45) is 81.7 Å². The number of aromatic nitrogens is 4. The number of aliphatic hydroxyl groups is 1. The molecule has 0 bridgehead atoms. The molecule has 3 aromatic heterocycles. The number of aliphatic hydroxyl groups excluding tert-OH is 1. The summed E-state index contributed by atoms with van der Waals surface area (Å²) in [5.41, 5.74) is 9.45. The number of primary amides is 1. The van der Waals surface area contributed by atoms with Crippen molar-refractivity contribution in [3.05, 3.63) is 90.3 Å². The van der Waals surface area contributed by atoms with Crippen molar-refractivity contribution in [3.8, 4) is 0 Å². The van der Waals surface area contributed by atoms with Crippen LogP contribution in [0, 0.1) is 75.9 Å². The van der Waals surface area contributed by atoms with E-state index in [9.17, 15) is 87.2 Å². The Morgan fingerprint density at radius 2 is 1.14 bits per heavy atom. The molecule has 20 N–H and O–H groups in total. The Bertz CT molecular complexity index is 5070. The SMILES string of the molecule is C.CC(=O)N[C@@H](CC(=O)[O-])C(=O)N[C@H]1CSSC[C@@H](C(=O)N[C@H](C(N)=O)C(C)O)NC(=O)[C@H](Cc2c[nH]c3ccccc23)NC(=O)[C@H](C(C)C)NC(=O)[C@H](CC(C)C)NC(=O)[C@H](CCC(=O)O)NC(=O)CNC(=O)[C@H](CC(C)C)NC(=O)[C@H](Cc2cnc[nH]2)NC(=O)[C@H](Cc2c[nH]c3ccccc23)NC(=O)[C@H](C)NC1=O.CC[C@H]1CCC2(C)C3CCC4(C)C([C@H](C)CCCC(C)C)CC[C@H]4[C@H]3CC[C@H]2C1. The van der Waals surface area contributed by atoms with Crippen molar-refractivity contribution in [2.75, 3.05) is 18.1 Å². The van der Waals surface area contributed by atoms with Crippen molar-refractivity contribution in [1.29, 1.82) is 0 Å². The first-order chi connectivity index (χ1) is 65.8. The molecule has 0 spiro atoms. The lowest BCUT2D eigenvalue weighted by atomic mass is 9.44. The number of carbonyl (C=O) groups excluding carboxylic acids is 15. The van der Waals surface area contributed by atoms with E-state index in [1.165, 1.54) is 51.6 Å². The number of carbonyl (C=O) groups is 16. The van der Waals surface area contributed by atoms with Crippen LogP contribution in [0.1, 0.15) is 244 Å². The van der Waals surface area contributed by atoms with E-state index in [-0.39, 0.29) is 51.4 Å². The third-order valence-electron chi connectivity index (χ3n) is 29.0. The van der Waals surface area contributed by atoms with Gasteiger partial charge in [-0.25, -0.2) is 4.98 Å². The van der Waals surface area contributed by atoms with Crippen LogP contribution in [0.5, 0.6) is 0 Å². The Morgan fingerprint density at radius 3 is 1.70 bits per heavy atom. The van der Waals surface area contributed by atoms with Gasteiger partial charge in [0.15, 0.2) is 0 Å². The third-order valence-corrected chi connectivity index (χ3v) is 31.4. The molecule has 5 unspecified atom stereocenters. The third kappa shape index (κ3) is 32.0. The van der Waals surface area contributed by atoms with E-state index in [2.05, 4.69) is 131 Å². The van der Waals surface area contributed by atoms with Gasteiger partial charge in [-0.1, -0.05) is 174 Å². The van der Waals surface area contributed by atoms with Gasteiger partial charge in [0.2, 0.25) is 82.7 Å². The van der Waals surface area contributed by atoms with Gasteiger partial charge in [-0.15, -0.1) is 0 Å². The molecule has 5 aromatic rings. The maximum atomic E-state index is 15.1. The minimum Gasteiger partial charge on any atom is -0.550 e. The summed E-state index contributed by atoms with van der Waals surface area (Å²) in [5.74, 6) is -11.9. The molecule has 2 aromatic carbocycles. The van der Waals surface area contributed by atoms with E-state index in [1.54, 1.807) is 154 Å². The lowest BCUT2D eigenvalue weighted by molar-refractivity contribution is -0.306. The number of para-hydroxylation sites is 2. The Balaban J connectivity index is 0.000000673. The molecular weight excluding hydrogens is 1830 g/mol. The quantitative estimate of drug-likeness (QED) is 0.0238. The van der Waals surface area contributed by atoms with Crippen LogP contribution in [-0.4, -0.2) is 221 Å². The lowest BCUT2D eigenvalue weighted by Gasteiger charge is -2.61. The normalized spacial score (nSPS) is 27.9. The van der Waals surface area contributed by atoms with Gasteiger partial charge < -0.3 is 110 Å². The van der Waals surface area contributed by atoms with E-state index in [4.69, 9.17) is 5.73 Å². The van der Waals surface area contributed by atoms with Crippen LogP contribution >= 0.6 is 21.6 Å². The van der Waals surface area contributed by atoms with Gasteiger partial charge in [0.1, 0.15) is 72.5 Å². The van der Waals surface area contributed by atoms with Crippen molar-refractivity contribution in [2.45, 2.75) is 325 Å². The molecule has 4 aliphatic carbocycles. The highest BCUT2D eigenvalue weighted by atomic mass is 33.1. The maximum absolute atomic E-state index is 15.1. The number of rotatable bonds is 29. The van der Waals surface area contributed by atoms with Crippen LogP contribution in [-0.2, 0) is 96.0 Å². The number of carboxylic acids is 2. The number of aliphatic carboxylic acids is 2. The first kappa shape index (κ1) is 114. The maximum Gasteiger partial charge on any atom is 0.303 e. The van der Waals surface area contributed by atoms with Crippen molar-refractivity contribution < 1.29 is 92.0 Å². The standard InChI is InChI=1S/C71H98N18O19S2.C29H52.CH4/c1-33(2)20-47-62(99)76-29-55(92)80-46(18-19-56(93)94)63(100)83-48(21-34(3)4)68(105)88-58(35(5)6)71(108)85-50(23-40-27-75-45-17-13-11-15-43(40)45)65(102)87-54(70(107)89-59(37(8)90)60(72)97)31-110-109-30-53(86-67(104)52(25-57(95)96)79-38(9)91)69(106)78-36(7)61(98)81-49(22-39-26-74-44-16-12-10-14-42(39)44)64(101)84-51(66(103)82-47)24-41-28-73-32-77-41;1-7-22-15-17-28(5)23(19-22)11-12-24-26-14-13-25(21(4)10-8-9-20(2)3)29(26,6)18-16-27(24)28;/h10-17,26-28,32-37,46-54,58-59,74-75,90H,18-25,29-31H2,1-9H3,(H2,72,97)(H,73,77)(H,76,99)(H,78,106)(H,79,91)(H,80,92)(H,81,98)(H,82,103)(H,83,100)(H,84,101)(H,85,108)(H,86,104)(H,87,102)(H,88,105)(H,89,107)(H,93,94)(H,95,96);20-27H,7-19H2,1-6H3;1H4/p-1/t36-,37?,46-,47-,48-,49-,50-,51-,52-,53-,54-,58-,59-;21-,22+,23+,24-,25?,26+,27?,28?,29?;/m01./s1. The highest BCUT2D eigenvalue weighted by Crippen LogP contribution is 2.69. The van der Waals surface area contributed by atoms with Crippen molar-refractivity contribution in [1.82, 2.24) is 89.1 Å². The summed E-state index contributed by atoms with van der Waals surface area (Å²) in [6.07, 6.45) is 20.7. The van der Waals surface area contributed by atoms with Crippen LogP contribution in [0.25, 0.3) is 21.8 Å². The van der Waals surface area contributed by atoms with E-state index >= 15 is 4.79 Å². The average molecular weight is 1990 g/mol. The number of aromatic amines is 3. The number of amides is 14. The Labute approximate surface area is 829 Å². The van der Waals surface area contributed by atoms with Crippen LogP contribution in [0.3, 0.4) is 0 Å². The number of nitrogens with one attached hydrogen (secondary N) is 16. The fourth-order valence-corrected chi connectivity index (χ4v) is 23.8. The van der Waals surface area contributed by atoms with E-state index < -0.39 is 216 Å². The molecule has 1 aliphatic heterocycles. The number of carboxylic acid groups (broad SMARTS) is 2. The summed E-state index contributed by atoms with van der Waals surface area (Å²) in [5, 5.41) is 66.2. The van der Waals surface area contributed by atoms with Crippen molar-refractivity contribution >= 4 is 138 Å². The van der Waals surface area contributed by atoms with Crippen LogP contribution < -0.4 is 80.0 Å². The number of H-pyrrole nitrogens is 3. The Hall–Kier alpha value is -11.1. The molecule has 4 saturated carbocycles. The van der Waals surface area contributed by atoms with Crippen LogP contribution in [0.4, 0.5) is 0 Å². The number of nitrogens with two attached hydrogens (primary N) is 1. The molecule has 0 radical (unpaired) electrons. The van der Waals surface area contributed by atoms with Gasteiger partial charge in [-0.05, 0) is 190 Å². The smallest absolute Gasteiger partial charge is 0.303 e. The monoisotopic (exact) mass is 1990 g/mol. The van der Waals surface area contributed by atoms with Gasteiger partial charge in [0.05, 0.1) is 19.0 Å². The van der Waals surface area contributed by atoms with Gasteiger partial charge in [-0.2, -0.15) is 0 Å². The second kappa shape index (κ2) is 53.1. The Morgan fingerprint density at radius 1 is 0.593 bits per heavy atom. The number of nitrogens with zero attached hydrogens (tertiary/aromatic N) is 1. The van der Waals surface area contributed by atoms with Gasteiger partial charge in [-0.3, -0.25) is 71.9 Å². The second-order valence-electron chi connectivity index (χ2n) is 41.1. The first-order valence-corrected chi connectivity index (χ1v) is 51.8. The molecule has 37 nitrogen and oxygen atoms in total. The van der Waals surface area contributed by atoms with Gasteiger partial charge in [0, 0.05) is 103 Å². The zero-order chi connectivity index (χ0) is 102. The predicted octanol–water partition coefficient (Wildman–Crippen LogP) is 6.16. The number of fused-ring (bicyclic) bond motifs is 7. The summed E-state index contributed by atoms with van der Waals surface area (Å²) in [6, 6.07) is -5.71. The summed E-state index contributed by atoms with van der Waals surface area (Å²) < 4.78 is 0. The molecule has 774 valence electrons. The number of imidazole rings is 1. The molecule has 5 aliphatic rings. The molecule has 39 heteroatoms. The fourth-order valence-electron chi connectivity index (χ4n) is 21.5. The molecule has 5 fully saturated rings. The molecule has 140 heavy (non-hydrogen) atoms. The topological polar surface area (TPSA) is 579 Å². The largest absolute Gasteiger partial charge is 0.550 e. The highest BCUT2D eigenvalue weighted by Gasteiger charge is 2.61. The van der Waals surface area contributed by atoms with E-state index in [1.807, 2.05) is 0 Å². The average Bonchev–Trinajstić information content (AvgIpc) is 1.46. The number of hydrogen-bond donors (Lipinski definition) is 19. The highest BCUT2D eigenvalue weighted by molar-refractivity contribution is 8.76.